The van der Waals surface area contributed by atoms with Crippen molar-refractivity contribution in [3.8, 4) is 0 Å². The zero-order valence-electron chi connectivity index (χ0n) is 10.1. The van der Waals surface area contributed by atoms with E-state index < -0.39 is 0 Å². The van der Waals surface area contributed by atoms with Crippen LogP contribution in [0, 0.1) is 0 Å². The van der Waals surface area contributed by atoms with Gasteiger partial charge in [-0.15, -0.1) is 0 Å². The fraction of sp³-hybridized carbons (Fsp3) is 0.818. The van der Waals surface area contributed by atoms with E-state index in [1.165, 1.54) is 6.92 Å². The summed E-state index contributed by atoms with van der Waals surface area (Å²) in [4.78, 5) is 26.1. The maximum Gasteiger partial charge on any atom is 0.303 e. The number of hydrogen-bond acceptors (Lipinski definition) is 4. The van der Waals surface area contributed by atoms with Gasteiger partial charge >= 0.3 is 5.97 Å². The molecule has 1 amide bonds. The van der Waals surface area contributed by atoms with Gasteiger partial charge in [-0.1, -0.05) is 13.3 Å². The summed E-state index contributed by atoms with van der Waals surface area (Å²) >= 11 is 0. The first-order valence-electron chi connectivity index (χ1n) is 5.77. The van der Waals surface area contributed by atoms with Gasteiger partial charge in [-0.25, -0.2) is 0 Å². The minimum absolute atomic E-state index is 0.131. The molecule has 0 aromatic carbocycles. The van der Waals surface area contributed by atoms with E-state index in [0.29, 0.717) is 6.54 Å². The number of esters is 1. The molecule has 0 N–H and O–H groups in total. The largest absolute Gasteiger partial charge is 0.450 e. The molecule has 1 rings (SSSR count). The van der Waals surface area contributed by atoms with Gasteiger partial charge in [0.15, 0.2) is 0 Å². The molecule has 1 saturated heterocycles. The Labute approximate surface area is 96.3 Å². The smallest absolute Gasteiger partial charge is 0.303 e. The van der Waals surface area contributed by atoms with Crippen molar-refractivity contribution in [2.45, 2.75) is 26.7 Å². The first-order chi connectivity index (χ1) is 7.63. The Hall–Kier alpha value is -1.10. The highest BCUT2D eigenvalue weighted by Gasteiger charge is 2.23. The summed E-state index contributed by atoms with van der Waals surface area (Å²) in [5.41, 5.74) is 0. The van der Waals surface area contributed by atoms with E-state index in [2.05, 4.69) is 6.92 Å². The lowest BCUT2D eigenvalue weighted by molar-refractivity contribution is -0.151. The second-order valence-electron chi connectivity index (χ2n) is 4.05. The molecule has 1 heterocycles. The van der Waals surface area contributed by atoms with Crippen LogP contribution in [0.5, 0.6) is 0 Å². The Balaban J connectivity index is 2.28. The molecule has 0 spiro atoms. The van der Waals surface area contributed by atoms with Gasteiger partial charge in [0, 0.05) is 26.6 Å². The van der Waals surface area contributed by atoms with Gasteiger partial charge in [0.25, 0.3) is 0 Å². The van der Waals surface area contributed by atoms with Crippen LogP contribution < -0.4 is 0 Å². The zero-order chi connectivity index (χ0) is 12.0. The molecule has 1 fully saturated rings. The van der Waals surface area contributed by atoms with Crippen LogP contribution in [0.2, 0.25) is 0 Å². The van der Waals surface area contributed by atoms with Crippen LogP contribution in [-0.2, 0) is 14.3 Å². The fourth-order valence-electron chi connectivity index (χ4n) is 1.64. The molecule has 92 valence electrons. The number of carbonyl (C=O) groups is 2. The summed E-state index contributed by atoms with van der Waals surface area (Å²) in [6.45, 7) is 6.43. The summed E-state index contributed by atoms with van der Waals surface area (Å²) < 4.78 is 4.86. The maximum absolute atomic E-state index is 11.7. The van der Waals surface area contributed by atoms with Gasteiger partial charge < -0.3 is 9.64 Å². The molecule has 1 aliphatic heterocycles. The topological polar surface area (TPSA) is 49.9 Å². The second kappa shape index (κ2) is 6.48. The average molecular weight is 228 g/mol. The molecule has 5 heteroatoms. The quantitative estimate of drug-likeness (QED) is 0.641. The van der Waals surface area contributed by atoms with Crippen molar-refractivity contribution in [1.82, 2.24) is 9.80 Å². The number of unbranched alkanes of at least 4 members (excludes halogenated alkanes) is 1. The van der Waals surface area contributed by atoms with Crippen LogP contribution in [0.3, 0.4) is 0 Å². The van der Waals surface area contributed by atoms with Gasteiger partial charge in [-0.2, -0.15) is 0 Å². The van der Waals surface area contributed by atoms with Crippen molar-refractivity contribution in [3.05, 3.63) is 0 Å². The monoisotopic (exact) mass is 228 g/mol. The van der Waals surface area contributed by atoms with E-state index in [0.717, 1.165) is 32.5 Å². The molecular formula is C11H20N2O3. The predicted molar refractivity (Wildman–Crippen MR) is 59.7 cm³/mol. The summed E-state index contributed by atoms with van der Waals surface area (Å²) in [5, 5.41) is 0. The van der Waals surface area contributed by atoms with Crippen molar-refractivity contribution in [1.29, 1.82) is 0 Å². The van der Waals surface area contributed by atoms with Crippen LogP contribution in [0.4, 0.5) is 0 Å². The lowest BCUT2D eigenvalue weighted by Crippen LogP contribution is -2.51. The Morgan fingerprint density at radius 1 is 1.44 bits per heavy atom. The highest BCUT2D eigenvalue weighted by atomic mass is 16.5. The molecule has 0 atom stereocenters. The molecular weight excluding hydrogens is 208 g/mol. The van der Waals surface area contributed by atoms with Crippen LogP contribution in [0.25, 0.3) is 0 Å². The fourth-order valence-corrected chi connectivity index (χ4v) is 1.64. The molecule has 0 saturated carbocycles. The number of amides is 1. The van der Waals surface area contributed by atoms with E-state index in [4.69, 9.17) is 4.74 Å². The summed E-state index contributed by atoms with van der Waals surface area (Å²) in [6.07, 6.45) is 2.15. The second-order valence-corrected chi connectivity index (χ2v) is 4.05. The van der Waals surface area contributed by atoms with Crippen LogP contribution in [-0.4, -0.2) is 54.6 Å². The SMILES string of the molecule is CCCCN1CCN(COC(C)=O)CC1=O. The first kappa shape index (κ1) is 13.0. The Morgan fingerprint density at radius 3 is 2.75 bits per heavy atom. The molecule has 0 aromatic rings. The summed E-state index contributed by atoms with van der Waals surface area (Å²) in [7, 11) is 0. The van der Waals surface area contributed by atoms with Crippen LogP contribution >= 0.6 is 0 Å². The molecule has 0 unspecified atom stereocenters. The third-order valence-corrected chi connectivity index (χ3v) is 2.63. The molecule has 0 aromatic heterocycles. The lowest BCUT2D eigenvalue weighted by Gasteiger charge is -2.33. The van der Waals surface area contributed by atoms with Crippen LogP contribution in [0.1, 0.15) is 26.7 Å². The van der Waals surface area contributed by atoms with Crippen molar-refractivity contribution in [2.75, 3.05) is 32.9 Å². The molecule has 1 aliphatic rings. The number of hydrogen-bond donors (Lipinski definition) is 0. The number of carbonyl (C=O) groups excluding carboxylic acids is 2. The predicted octanol–water partition coefficient (Wildman–Crippen LogP) is 0.451. The van der Waals surface area contributed by atoms with Gasteiger partial charge in [-0.3, -0.25) is 14.5 Å². The third kappa shape index (κ3) is 4.18. The zero-order valence-corrected chi connectivity index (χ0v) is 10.1. The minimum atomic E-state index is -0.305. The molecule has 0 bridgehead atoms. The Morgan fingerprint density at radius 2 is 2.19 bits per heavy atom. The normalized spacial score (nSPS) is 17.6. The number of nitrogens with zero attached hydrogens (tertiary/aromatic N) is 2. The van der Waals surface area contributed by atoms with E-state index in [-0.39, 0.29) is 18.6 Å². The number of piperazine rings is 1. The number of rotatable bonds is 5. The van der Waals surface area contributed by atoms with Gasteiger partial charge in [0.1, 0.15) is 6.73 Å². The van der Waals surface area contributed by atoms with E-state index in [9.17, 15) is 9.59 Å². The highest BCUT2D eigenvalue weighted by molar-refractivity contribution is 5.79. The molecule has 0 radical (unpaired) electrons. The van der Waals surface area contributed by atoms with Crippen molar-refractivity contribution in [3.63, 3.8) is 0 Å². The van der Waals surface area contributed by atoms with E-state index >= 15 is 0 Å². The number of ether oxygens (including phenoxy) is 1. The molecule has 0 aliphatic carbocycles. The summed E-state index contributed by atoms with van der Waals surface area (Å²) in [5.74, 6) is -0.173. The van der Waals surface area contributed by atoms with Crippen molar-refractivity contribution < 1.29 is 14.3 Å². The lowest BCUT2D eigenvalue weighted by atomic mass is 10.2. The maximum atomic E-state index is 11.7. The average Bonchev–Trinajstić information content (AvgIpc) is 2.25. The highest BCUT2D eigenvalue weighted by Crippen LogP contribution is 2.05. The Kier molecular flexibility index (Phi) is 5.25. The third-order valence-electron chi connectivity index (χ3n) is 2.63. The van der Waals surface area contributed by atoms with Gasteiger partial charge in [0.05, 0.1) is 6.54 Å². The van der Waals surface area contributed by atoms with Gasteiger partial charge in [0.2, 0.25) is 5.91 Å². The van der Waals surface area contributed by atoms with Crippen molar-refractivity contribution >= 4 is 11.9 Å². The minimum Gasteiger partial charge on any atom is -0.450 e. The van der Waals surface area contributed by atoms with E-state index in [1.54, 1.807) is 0 Å². The van der Waals surface area contributed by atoms with Gasteiger partial charge in [-0.05, 0) is 6.42 Å². The standard InChI is InChI=1S/C11H20N2O3/c1-3-4-5-13-7-6-12(8-11(13)15)9-16-10(2)14/h3-9H2,1-2H3. The Bertz CT molecular complexity index is 256. The summed E-state index contributed by atoms with van der Waals surface area (Å²) in [6, 6.07) is 0. The van der Waals surface area contributed by atoms with Crippen LogP contribution in [0.15, 0.2) is 0 Å². The van der Waals surface area contributed by atoms with Crippen molar-refractivity contribution in [2.24, 2.45) is 0 Å². The first-order valence-corrected chi connectivity index (χ1v) is 5.77. The van der Waals surface area contributed by atoms with E-state index in [1.807, 2.05) is 9.80 Å². The molecule has 16 heavy (non-hydrogen) atoms. The molecule has 5 nitrogen and oxygen atoms in total.